The Hall–Kier alpha value is -2.84. The lowest BCUT2D eigenvalue weighted by Crippen LogP contribution is -2.36. The lowest BCUT2D eigenvalue weighted by atomic mass is 10.0. The summed E-state index contributed by atoms with van der Waals surface area (Å²) < 4.78 is 7.20. The van der Waals surface area contributed by atoms with Crippen molar-refractivity contribution in [3.05, 3.63) is 53.9 Å². The number of carbonyl (C=O) groups is 1. The minimum Gasteiger partial charge on any atom is -0.379 e. The molecule has 4 rings (SSSR count). The number of rotatable bonds is 8. The van der Waals surface area contributed by atoms with Gasteiger partial charge in [0.1, 0.15) is 0 Å². The topological polar surface area (TPSA) is 76.4 Å². The van der Waals surface area contributed by atoms with Gasteiger partial charge in [0.2, 0.25) is 5.91 Å². The molecule has 0 spiro atoms. The van der Waals surface area contributed by atoms with Gasteiger partial charge in [0, 0.05) is 39.6 Å². The summed E-state index contributed by atoms with van der Waals surface area (Å²) in [7, 11) is 1.87. The Morgan fingerprint density at radius 1 is 1.13 bits per heavy atom. The van der Waals surface area contributed by atoms with E-state index in [9.17, 15) is 4.79 Å². The lowest BCUT2D eigenvalue weighted by Gasteiger charge is -2.25. The highest BCUT2D eigenvalue weighted by Crippen LogP contribution is 2.20. The number of nitrogens with zero attached hydrogens (tertiary/aromatic N) is 6. The van der Waals surface area contributed by atoms with Crippen molar-refractivity contribution in [3.63, 3.8) is 0 Å². The number of hydrogen-bond donors (Lipinski definition) is 0. The minimum absolute atomic E-state index is 0.130. The molecule has 0 unspecified atom stereocenters. The van der Waals surface area contributed by atoms with Gasteiger partial charge >= 0.3 is 0 Å². The molecule has 8 heteroatoms. The zero-order valence-electron chi connectivity index (χ0n) is 17.4. The number of tetrazole rings is 1. The summed E-state index contributed by atoms with van der Waals surface area (Å²) in [5.74, 6) is 0.971. The summed E-state index contributed by atoms with van der Waals surface area (Å²) in [6.07, 6.45) is 1.18. The van der Waals surface area contributed by atoms with Gasteiger partial charge in [0.15, 0.2) is 5.82 Å². The molecule has 30 heavy (non-hydrogen) atoms. The second-order valence-corrected chi connectivity index (χ2v) is 7.70. The molecule has 0 radical (unpaired) electrons. The molecule has 158 valence electrons. The molecule has 0 atom stereocenters. The first-order valence-electron chi connectivity index (χ1n) is 10.5. The fourth-order valence-corrected chi connectivity index (χ4v) is 3.81. The molecule has 3 aromatic rings. The Kier molecular flexibility index (Phi) is 6.66. The Labute approximate surface area is 176 Å². The molecule has 2 heterocycles. The number of amides is 1. The zero-order chi connectivity index (χ0) is 20.8. The number of morpholine rings is 1. The van der Waals surface area contributed by atoms with Crippen LogP contribution in [0.2, 0.25) is 0 Å². The maximum atomic E-state index is 12.7. The van der Waals surface area contributed by atoms with Crippen LogP contribution in [0.3, 0.4) is 0 Å². The van der Waals surface area contributed by atoms with Crippen molar-refractivity contribution >= 4 is 16.7 Å². The first-order chi connectivity index (χ1) is 14.7. The molecule has 0 saturated carbocycles. The summed E-state index contributed by atoms with van der Waals surface area (Å²) in [5.41, 5.74) is 1.16. The first kappa shape index (κ1) is 20.4. The number of aryl methyl sites for hydroxylation is 1. The predicted octanol–water partition coefficient (Wildman–Crippen LogP) is 2.10. The summed E-state index contributed by atoms with van der Waals surface area (Å²) in [5, 5.41) is 14.5. The van der Waals surface area contributed by atoms with Crippen LogP contribution in [0.1, 0.15) is 24.2 Å². The van der Waals surface area contributed by atoms with E-state index in [4.69, 9.17) is 4.74 Å². The van der Waals surface area contributed by atoms with Crippen LogP contribution in [0.5, 0.6) is 0 Å². The van der Waals surface area contributed by atoms with Crippen LogP contribution in [0, 0.1) is 0 Å². The fraction of sp³-hybridized carbons (Fsp3) is 0.455. The van der Waals surface area contributed by atoms with Crippen molar-refractivity contribution in [2.75, 3.05) is 33.4 Å². The quantitative estimate of drug-likeness (QED) is 0.568. The average molecular weight is 409 g/mol. The molecule has 0 bridgehead atoms. The van der Waals surface area contributed by atoms with Gasteiger partial charge in [-0.2, -0.15) is 0 Å². The van der Waals surface area contributed by atoms with Crippen LogP contribution in [0.25, 0.3) is 10.8 Å². The van der Waals surface area contributed by atoms with E-state index in [2.05, 4.69) is 44.7 Å². The summed E-state index contributed by atoms with van der Waals surface area (Å²) in [6.45, 7) is 5.24. The van der Waals surface area contributed by atoms with Crippen molar-refractivity contribution in [2.24, 2.45) is 0 Å². The number of benzene rings is 2. The molecule has 1 aromatic heterocycles. The van der Waals surface area contributed by atoms with Gasteiger partial charge in [-0.25, -0.2) is 4.68 Å². The smallest absolute Gasteiger partial charge is 0.222 e. The molecule has 0 N–H and O–H groups in total. The van der Waals surface area contributed by atoms with Crippen molar-refractivity contribution < 1.29 is 9.53 Å². The third-order valence-corrected chi connectivity index (χ3v) is 5.55. The van der Waals surface area contributed by atoms with E-state index < -0.39 is 0 Å². The van der Waals surface area contributed by atoms with Crippen molar-refractivity contribution in [1.29, 1.82) is 0 Å². The third kappa shape index (κ3) is 5.01. The third-order valence-electron chi connectivity index (χ3n) is 5.55. The largest absolute Gasteiger partial charge is 0.379 e. The summed E-state index contributed by atoms with van der Waals surface area (Å²) in [6, 6.07) is 14.5. The molecular weight excluding hydrogens is 380 g/mol. The van der Waals surface area contributed by atoms with Gasteiger partial charge in [0.05, 0.1) is 19.8 Å². The molecule has 1 aliphatic rings. The van der Waals surface area contributed by atoms with Crippen molar-refractivity contribution in [3.8, 4) is 0 Å². The summed E-state index contributed by atoms with van der Waals surface area (Å²) >= 11 is 0. The highest BCUT2D eigenvalue weighted by molar-refractivity contribution is 5.86. The molecule has 1 aliphatic heterocycles. The number of hydrogen-bond acceptors (Lipinski definition) is 6. The highest BCUT2D eigenvalue weighted by atomic mass is 16.5. The Bertz CT molecular complexity index is 977. The number of fused-ring (bicyclic) bond motifs is 1. The average Bonchev–Trinajstić information content (AvgIpc) is 3.21. The van der Waals surface area contributed by atoms with Crippen LogP contribution in [0.15, 0.2) is 42.5 Å². The summed E-state index contributed by atoms with van der Waals surface area (Å²) in [4.78, 5) is 16.7. The molecule has 1 amide bonds. The van der Waals surface area contributed by atoms with Gasteiger partial charge in [-0.1, -0.05) is 42.5 Å². The maximum Gasteiger partial charge on any atom is 0.222 e. The fourth-order valence-electron chi connectivity index (χ4n) is 3.81. The van der Waals surface area contributed by atoms with E-state index in [1.807, 2.05) is 29.9 Å². The van der Waals surface area contributed by atoms with Crippen molar-refractivity contribution in [1.82, 2.24) is 30.0 Å². The zero-order valence-corrected chi connectivity index (χ0v) is 17.4. The SMILES string of the molecule is CN(Cc1cccc2ccccc12)C(=O)CCCn1nnnc1CN1CCOCC1. The van der Waals surface area contributed by atoms with Crippen LogP contribution in [-0.4, -0.2) is 69.3 Å². The number of aromatic nitrogens is 4. The van der Waals surface area contributed by atoms with Gasteiger partial charge in [0.25, 0.3) is 0 Å². The molecule has 0 aliphatic carbocycles. The van der Waals surface area contributed by atoms with Crippen molar-refractivity contribution in [2.45, 2.75) is 32.5 Å². The van der Waals surface area contributed by atoms with Crippen LogP contribution < -0.4 is 0 Å². The molecule has 1 saturated heterocycles. The van der Waals surface area contributed by atoms with Crippen LogP contribution >= 0.6 is 0 Å². The Morgan fingerprint density at radius 3 is 2.80 bits per heavy atom. The standard InChI is InChI=1S/C22H28N6O2/c1-26(16-19-8-4-7-18-6-2-3-9-20(18)19)22(29)10-5-11-28-21(23-24-25-28)17-27-12-14-30-15-13-27/h2-4,6-9H,5,10-17H2,1H3. The molecule has 8 nitrogen and oxygen atoms in total. The number of carbonyl (C=O) groups excluding carboxylic acids is 1. The van der Waals surface area contributed by atoms with E-state index in [0.29, 0.717) is 32.5 Å². The van der Waals surface area contributed by atoms with Crippen LogP contribution in [-0.2, 0) is 29.2 Å². The van der Waals surface area contributed by atoms with E-state index in [1.165, 1.54) is 10.8 Å². The minimum atomic E-state index is 0.130. The molecule has 1 fully saturated rings. The van der Waals surface area contributed by atoms with Gasteiger partial charge in [-0.05, 0) is 33.2 Å². The van der Waals surface area contributed by atoms with Crippen LogP contribution in [0.4, 0.5) is 0 Å². The highest BCUT2D eigenvalue weighted by Gasteiger charge is 2.16. The second kappa shape index (κ2) is 9.77. The maximum absolute atomic E-state index is 12.7. The number of ether oxygens (including phenoxy) is 1. The molecular formula is C22H28N6O2. The van der Waals surface area contributed by atoms with Gasteiger partial charge < -0.3 is 9.64 Å². The normalized spacial score (nSPS) is 14.8. The van der Waals surface area contributed by atoms with E-state index >= 15 is 0 Å². The first-order valence-corrected chi connectivity index (χ1v) is 10.5. The lowest BCUT2D eigenvalue weighted by molar-refractivity contribution is -0.130. The monoisotopic (exact) mass is 408 g/mol. The predicted molar refractivity (Wildman–Crippen MR) is 114 cm³/mol. The van der Waals surface area contributed by atoms with E-state index in [1.54, 1.807) is 4.90 Å². The Balaban J connectivity index is 1.28. The van der Waals surface area contributed by atoms with Gasteiger partial charge in [-0.15, -0.1) is 5.10 Å². The second-order valence-electron chi connectivity index (χ2n) is 7.70. The Morgan fingerprint density at radius 2 is 1.93 bits per heavy atom. The van der Waals surface area contributed by atoms with E-state index in [0.717, 1.165) is 37.7 Å². The van der Waals surface area contributed by atoms with Gasteiger partial charge in [-0.3, -0.25) is 9.69 Å². The van der Waals surface area contributed by atoms with E-state index in [-0.39, 0.29) is 5.91 Å². The molecule has 2 aromatic carbocycles.